The zero-order valence-corrected chi connectivity index (χ0v) is 10.0. The molecule has 16 heavy (non-hydrogen) atoms. The third-order valence-corrected chi connectivity index (χ3v) is 3.47. The Kier molecular flexibility index (Phi) is 3.74. The van der Waals surface area contributed by atoms with Crippen LogP contribution in [0, 0.1) is 11.7 Å². The average Bonchev–Trinajstić information content (AvgIpc) is 2.08. The summed E-state index contributed by atoms with van der Waals surface area (Å²) in [6, 6.07) is 3.56. The normalized spacial score (nSPS) is 11.8. The highest BCUT2D eigenvalue weighted by molar-refractivity contribution is 7.92. The fourth-order valence-corrected chi connectivity index (χ4v) is 2.74. The summed E-state index contributed by atoms with van der Waals surface area (Å²) in [5, 5.41) is 0. The minimum atomic E-state index is -3.47. The van der Waals surface area contributed by atoms with Crippen molar-refractivity contribution in [2.45, 2.75) is 13.8 Å². The van der Waals surface area contributed by atoms with Crippen molar-refractivity contribution < 1.29 is 12.8 Å². The molecule has 90 valence electrons. The zero-order valence-electron chi connectivity index (χ0n) is 9.20. The molecular weight excluding hydrogens is 231 g/mol. The maximum absolute atomic E-state index is 12.9. The number of benzene rings is 1. The molecule has 0 heterocycles. The molecule has 0 radical (unpaired) electrons. The van der Waals surface area contributed by atoms with Gasteiger partial charge in [-0.15, -0.1) is 0 Å². The molecule has 1 rings (SSSR count). The van der Waals surface area contributed by atoms with Crippen molar-refractivity contribution in [3.63, 3.8) is 0 Å². The summed E-state index contributed by atoms with van der Waals surface area (Å²) in [6.45, 7) is 3.57. The van der Waals surface area contributed by atoms with Crippen LogP contribution in [0.2, 0.25) is 0 Å². The molecular formula is C10H15FN2O2S. The molecule has 0 aliphatic heterocycles. The van der Waals surface area contributed by atoms with E-state index in [1.165, 1.54) is 12.1 Å². The summed E-state index contributed by atoms with van der Waals surface area (Å²) in [4.78, 5) is 0. The lowest BCUT2D eigenvalue weighted by Gasteiger charge is -2.11. The Morgan fingerprint density at radius 1 is 1.44 bits per heavy atom. The quantitative estimate of drug-likeness (QED) is 0.796. The molecule has 0 bridgehead atoms. The number of hydrogen-bond acceptors (Lipinski definition) is 3. The molecule has 0 unspecified atom stereocenters. The number of rotatable bonds is 4. The molecule has 1 aromatic carbocycles. The Balaban J connectivity index is 2.92. The van der Waals surface area contributed by atoms with Gasteiger partial charge in [-0.2, -0.15) is 0 Å². The van der Waals surface area contributed by atoms with E-state index in [1.54, 1.807) is 13.8 Å². The van der Waals surface area contributed by atoms with Crippen LogP contribution in [0.25, 0.3) is 0 Å². The van der Waals surface area contributed by atoms with Crippen molar-refractivity contribution >= 4 is 21.4 Å². The van der Waals surface area contributed by atoms with E-state index in [1.807, 2.05) is 0 Å². The van der Waals surface area contributed by atoms with Gasteiger partial charge in [0.2, 0.25) is 10.0 Å². The van der Waals surface area contributed by atoms with Crippen molar-refractivity contribution in [3.05, 3.63) is 24.0 Å². The standard InChI is InChI=1S/C10H15FN2O2S/c1-7(2)6-16(14,15)13-10-5-8(11)3-4-9(10)12/h3-5,7,13H,6,12H2,1-2H3. The first-order chi connectivity index (χ1) is 7.30. The maximum atomic E-state index is 12.9. The van der Waals surface area contributed by atoms with Crippen molar-refractivity contribution in [2.24, 2.45) is 5.92 Å². The average molecular weight is 246 g/mol. The summed E-state index contributed by atoms with van der Waals surface area (Å²) >= 11 is 0. The zero-order chi connectivity index (χ0) is 12.3. The van der Waals surface area contributed by atoms with Gasteiger partial charge in [-0.05, 0) is 18.1 Å². The van der Waals surface area contributed by atoms with Gasteiger partial charge in [0.05, 0.1) is 17.1 Å². The minimum absolute atomic E-state index is 0.00714. The van der Waals surface area contributed by atoms with E-state index in [0.29, 0.717) is 0 Å². The third-order valence-electron chi connectivity index (χ3n) is 1.83. The van der Waals surface area contributed by atoms with E-state index in [2.05, 4.69) is 4.72 Å². The smallest absolute Gasteiger partial charge is 0.233 e. The molecule has 0 atom stereocenters. The molecule has 6 heteroatoms. The van der Waals surface area contributed by atoms with Crippen LogP contribution in [0.5, 0.6) is 0 Å². The van der Waals surface area contributed by atoms with Gasteiger partial charge in [-0.1, -0.05) is 13.8 Å². The molecule has 0 aliphatic rings. The summed E-state index contributed by atoms with van der Waals surface area (Å²) in [5.74, 6) is -0.563. The SMILES string of the molecule is CC(C)CS(=O)(=O)Nc1cc(F)ccc1N. The van der Waals surface area contributed by atoms with E-state index in [4.69, 9.17) is 5.73 Å². The molecule has 1 aromatic rings. The van der Waals surface area contributed by atoms with Gasteiger partial charge < -0.3 is 5.73 Å². The second-order valence-corrected chi connectivity index (χ2v) is 5.78. The van der Waals surface area contributed by atoms with E-state index < -0.39 is 15.8 Å². The minimum Gasteiger partial charge on any atom is -0.397 e. The lowest BCUT2D eigenvalue weighted by atomic mass is 10.3. The lowest BCUT2D eigenvalue weighted by molar-refractivity contribution is 0.587. The van der Waals surface area contributed by atoms with Gasteiger partial charge in [-0.25, -0.2) is 12.8 Å². The highest BCUT2D eigenvalue weighted by atomic mass is 32.2. The molecule has 0 aromatic heterocycles. The Hall–Kier alpha value is -1.30. The highest BCUT2D eigenvalue weighted by Gasteiger charge is 2.14. The molecule has 0 saturated carbocycles. The van der Waals surface area contributed by atoms with Crippen LogP contribution in [0.3, 0.4) is 0 Å². The van der Waals surface area contributed by atoms with Crippen LogP contribution in [0.1, 0.15) is 13.8 Å². The van der Waals surface area contributed by atoms with Crippen molar-refractivity contribution in [2.75, 3.05) is 16.2 Å². The highest BCUT2D eigenvalue weighted by Crippen LogP contribution is 2.20. The number of sulfonamides is 1. The molecule has 0 aliphatic carbocycles. The van der Waals surface area contributed by atoms with Crippen LogP contribution in [-0.2, 0) is 10.0 Å². The number of halogens is 1. The van der Waals surface area contributed by atoms with Gasteiger partial charge in [0, 0.05) is 6.07 Å². The predicted molar refractivity (Wildman–Crippen MR) is 63.1 cm³/mol. The van der Waals surface area contributed by atoms with Gasteiger partial charge in [-0.3, -0.25) is 4.72 Å². The Morgan fingerprint density at radius 3 is 2.62 bits per heavy atom. The van der Waals surface area contributed by atoms with Gasteiger partial charge in [0.25, 0.3) is 0 Å². The van der Waals surface area contributed by atoms with Gasteiger partial charge >= 0.3 is 0 Å². The summed E-state index contributed by atoms with van der Waals surface area (Å²) < 4.78 is 38.3. The Morgan fingerprint density at radius 2 is 2.06 bits per heavy atom. The molecule has 0 amide bonds. The first-order valence-corrected chi connectivity index (χ1v) is 6.51. The van der Waals surface area contributed by atoms with Gasteiger partial charge in [0.15, 0.2) is 0 Å². The summed E-state index contributed by atoms with van der Waals surface area (Å²) in [5.41, 5.74) is 5.82. The van der Waals surface area contributed by atoms with Crippen LogP contribution < -0.4 is 10.5 Å². The number of nitrogen functional groups attached to an aromatic ring is 1. The Bertz CT molecular complexity index is 472. The largest absolute Gasteiger partial charge is 0.397 e. The molecule has 3 N–H and O–H groups in total. The van der Waals surface area contributed by atoms with E-state index in [0.717, 1.165) is 6.07 Å². The monoisotopic (exact) mass is 246 g/mol. The first kappa shape index (κ1) is 12.8. The van der Waals surface area contributed by atoms with Gasteiger partial charge in [0.1, 0.15) is 5.82 Å². The number of nitrogens with two attached hydrogens (primary N) is 1. The van der Waals surface area contributed by atoms with E-state index in [-0.39, 0.29) is 23.0 Å². The number of nitrogens with one attached hydrogen (secondary N) is 1. The maximum Gasteiger partial charge on any atom is 0.233 e. The van der Waals surface area contributed by atoms with Crippen molar-refractivity contribution in [1.29, 1.82) is 0 Å². The molecule has 0 fully saturated rings. The topological polar surface area (TPSA) is 72.2 Å². The van der Waals surface area contributed by atoms with Crippen LogP contribution >= 0.6 is 0 Å². The lowest BCUT2D eigenvalue weighted by Crippen LogP contribution is -2.20. The van der Waals surface area contributed by atoms with E-state index in [9.17, 15) is 12.8 Å². The second kappa shape index (κ2) is 4.69. The summed E-state index contributed by atoms with van der Waals surface area (Å²) in [6.07, 6.45) is 0. The Labute approximate surface area is 94.7 Å². The fourth-order valence-electron chi connectivity index (χ4n) is 1.26. The second-order valence-electron chi connectivity index (χ2n) is 4.01. The van der Waals surface area contributed by atoms with Crippen LogP contribution in [-0.4, -0.2) is 14.2 Å². The van der Waals surface area contributed by atoms with Crippen LogP contribution in [0.15, 0.2) is 18.2 Å². The number of hydrogen-bond donors (Lipinski definition) is 2. The van der Waals surface area contributed by atoms with Crippen molar-refractivity contribution in [1.82, 2.24) is 0 Å². The molecule has 4 nitrogen and oxygen atoms in total. The predicted octanol–water partition coefficient (Wildman–Crippen LogP) is 1.81. The molecule has 0 spiro atoms. The number of anilines is 2. The van der Waals surface area contributed by atoms with Crippen LogP contribution in [0.4, 0.5) is 15.8 Å². The first-order valence-electron chi connectivity index (χ1n) is 4.85. The van der Waals surface area contributed by atoms with E-state index >= 15 is 0 Å². The summed E-state index contributed by atoms with van der Waals surface area (Å²) in [7, 11) is -3.47. The fraction of sp³-hybridized carbons (Fsp3) is 0.400. The molecule has 0 saturated heterocycles. The third kappa shape index (κ3) is 3.69. The van der Waals surface area contributed by atoms with Crippen molar-refractivity contribution in [3.8, 4) is 0 Å².